The fourth-order valence-corrected chi connectivity index (χ4v) is 5.71. The van der Waals surface area contributed by atoms with Crippen LogP contribution in [0.1, 0.15) is 30.2 Å². The number of carbonyl (C=O) groups excluding carboxylic acids is 1. The molecule has 2 heterocycles. The highest BCUT2D eigenvalue weighted by Gasteiger charge is 2.22. The van der Waals surface area contributed by atoms with Gasteiger partial charge in [-0.15, -0.1) is 11.3 Å². The lowest BCUT2D eigenvalue weighted by Gasteiger charge is -2.13. The van der Waals surface area contributed by atoms with Crippen LogP contribution in [0.2, 0.25) is 0 Å². The molecule has 156 valence electrons. The molecule has 0 atom stereocenters. The van der Waals surface area contributed by atoms with Gasteiger partial charge in [-0.05, 0) is 62.4 Å². The first kappa shape index (κ1) is 20.7. The Bertz CT molecular complexity index is 1180. The summed E-state index contributed by atoms with van der Waals surface area (Å²) in [6.07, 6.45) is 4.19. The maximum absolute atomic E-state index is 13.3. The highest BCUT2D eigenvalue weighted by atomic mass is 32.2. The lowest BCUT2D eigenvalue weighted by Crippen LogP contribution is -2.25. The molecule has 1 aliphatic rings. The Kier molecular flexibility index (Phi) is 5.97. The normalized spacial score (nSPS) is 13.2. The summed E-state index contributed by atoms with van der Waals surface area (Å²) in [7, 11) is 0. The van der Waals surface area contributed by atoms with Gasteiger partial charge in [0.25, 0.3) is 5.56 Å². The number of aromatic nitrogens is 2. The summed E-state index contributed by atoms with van der Waals surface area (Å²) in [5.41, 5.74) is 2.59. The van der Waals surface area contributed by atoms with Gasteiger partial charge < -0.3 is 10.4 Å². The number of anilines is 1. The predicted octanol–water partition coefficient (Wildman–Crippen LogP) is 4.35. The van der Waals surface area contributed by atoms with Gasteiger partial charge in [0.05, 0.1) is 11.1 Å². The van der Waals surface area contributed by atoms with Crippen molar-refractivity contribution < 1.29 is 9.90 Å². The molecule has 0 bridgehead atoms. The Morgan fingerprint density at radius 2 is 2.03 bits per heavy atom. The fourth-order valence-electron chi connectivity index (χ4n) is 3.61. The van der Waals surface area contributed by atoms with Gasteiger partial charge in [0.2, 0.25) is 5.91 Å². The second kappa shape index (κ2) is 8.65. The van der Waals surface area contributed by atoms with Gasteiger partial charge in [-0.1, -0.05) is 23.9 Å². The van der Waals surface area contributed by atoms with Crippen molar-refractivity contribution in [3.05, 3.63) is 57.2 Å². The van der Waals surface area contributed by atoms with Gasteiger partial charge in [-0.25, -0.2) is 4.98 Å². The van der Waals surface area contributed by atoms with Crippen LogP contribution in [0.5, 0.6) is 5.75 Å². The second-order valence-electron chi connectivity index (χ2n) is 7.52. The first-order chi connectivity index (χ1) is 14.4. The first-order valence-electron chi connectivity index (χ1n) is 9.83. The highest BCUT2D eigenvalue weighted by Crippen LogP contribution is 2.34. The molecule has 0 unspecified atom stereocenters. The molecule has 3 aromatic rings. The van der Waals surface area contributed by atoms with E-state index < -0.39 is 0 Å². The fraction of sp³-hybridized carbons (Fsp3) is 0.318. The van der Waals surface area contributed by atoms with Crippen molar-refractivity contribution in [2.24, 2.45) is 0 Å². The Morgan fingerprint density at radius 3 is 2.77 bits per heavy atom. The Hall–Kier alpha value is -2.58. The van der Waals surface area contributed by atoms with E-state index in [9.17, 15) is 14.7 Å². The molecule has 1 aliphatic carbocycles. The van der Waals surface area contributed by atoms with Crippen LogP contribution < -0.4 is 10.9 Å². The molecule has 4 rings (SSSR count). The maximum atomic E-state index is 13.3. The number of hydrogen-bond donors (Lipinski definition) is 2. The van der Waals surface area contributed by atoms with Crippen molar-refractivity contribution in [2.75, 3.05) is 11.1 Å². The Morgan fingerprint density at radius 1 is 1.30 bits per heavy atom. The van der Waals surface area contributed by atoms with Crippen molar-refractivity contribution in [3.63, 3.8) is 0 Å². The number of thiophene rings is 1. The number of phenols is 1. The summed E-state index contributed by atoms with van der Waals surface area (Å²) >= 11 is 2.86. The third-order valence-electron chi connectivity index (χ3n) is 4.95. The minimum atomic E-state index is -0.201. The van der Waals surface area contributed by atoms with E-state index in [-0.39, 0.29) is 23.0 Å². The van der Waals surface area contributed by atoms with Crippen LogP contribution in [-0.2, 0) is 24.2 Å². The number of aryl methyl sites for hydroxylation is 2. The van der Waals surface area contributed by atoms with Crippen molar-refractivity contribution in [1.29, 1.82) is 0 Å². The van der Waals surface area contributed by atoms with E-state index in [2.05, 4.69) is 11.9 Å². The van der Waals surface area contributed by atoms with Gasteiger partial charge in [-0.3, -0.25) is 14.2 Å². The molecule has 2 aromatic heterocycles. The molecule has 6 nitrogen and oxygen atoms in total. The number of benzene rings is 1. The molecule has 30 heavy (non-hydrogen) atoms. The van der Waals surface area contributed by atoms with Gasteiger partial charge in [-0.2, -0.15) is 0 Å². The van der Waals surface area contributed by atoms with Crippen molar-refractivity contribution in [2.45, 2.75) is 44.3 Å². The van der Waals surface area contributed by atoms with E-state index in [0.717, 1.165) is 47.0 Å². The quantitative estimate of drug-likeness (QED) is 0.257. The lowest BCUT2D eigenvalue weighted by atomic mass is 9.97. The number of phenolic OH excluding ortho intramolecular Hbond substituents is 1. The molecule has 8 heteroatoms. The highest BCUT2D eigenvalue weighted by molar-refractivity contribution is 7.99. The zero-order valence-electron chi connectivity index (χ0n) is 16.7. The number of carbonyl (C=O) groups is 1. The number of nitrogens with one attached hydrogen (secondary N) is 1. The third kappa shape index (κ3) is 4.29. The van der Waals surface area contributed by atoms with E-state index in [1.807, 2.05) is 6.92 Å². The van der Waals surface area contributed by atoms with E-state index in [1.54, 1.807) is 28.0 Å². The zero-order chi connectivity index (χ0) is 21.3. The van der Waals surface area contributed by atoms with E-state index in [0.29, 0.717) is 17.4 Å². The van der Waals surface area contributed by atoms with E-state index in [1.165, 1.54) is 28.8 Å². The monoisotopic (exact) mass is 441 g/mol. The predicted molar refractivity (Wildman–Crippen MR) is 123 cm³/mol. The summed E-state index contributed by atoms with van der Waals surface area (Å²) in [5, 5.41) is 13.4. The third-order valence-corrected chi connectivity index (χ3v) is 7.11. The van der Waals surface area contributed by atoms with Crippen LogP contribution in [-0.4, -0.2) is 26.3 Å². The first-order valence-corrected chi connectivity index (χ1v) is 11.6. The largest absolute Gasteiger partial charge is 0.508 e. The number of hydrogen-bond acceptors (Lipinski definition) is 6. The Labute approximate surface area is 182 Å². The average Bonchev–Trinajstić information content (AvgIpc) is 3.09. The van der Waals surface area contributed by atoms with Crippen molar-refractivity contribution in [3.8, 4) is 5.75 Å². The molecule has 0 spiro atoms. The van der Waals surface area contributed by atoms with Crippen LogP contribution >= 0.6 is 23.1 Å². The molecule has 0 fully saturated rings. The number of rotatable bonds is 6. The van der Waals surface area contributed by atoms with Crippen molar-refractivity contribution in [1.82, 2.24) is 9.55 Å². The number of amides is 1. The Balaban J connectivity index is 1.62. The van der Waals surface area contributed by atoms with Gasteiger partial charge in [0, 0.05) is 17.1 Å². The lowest BCUT2D eigenvalue weighted by molar-refractivity contribution is -0.113. The molecular weight excluding hydrogens is 418 g/mol. The van der Waals surface area contributed by atoms with Crippen LogP contribution in [0.3, 0.4) is 0 Å². The molecular formula is C22H23N3O3S2. The SMILES string of the molecule is C=C(C)Cn1c(SCC(=O)Nc2ccc(O)cc2)nc2sc3c(c2c1=O)CCCC3. The standard InChI is InChI=1S/C22H23N3O3S2/c1-13(2)11-25-21(28)19-16-5-3-4-6-17(16)30-20(19)24-22(25)29-12-18(27)23-14-7-9-15(26)10-8-14/h7-10,26H,1,3-6,11-12H2,2H3,(H,23,27). The maximum Gasteiger partial charge on any atom is 0.263 e. The molecule has 1 amide bonds. The second-order valence-corrected chi connectivity index (χ2v) is 9.54. The van der Waals surface area contributed by atoms with Gasteiger partial charge >= 0.3 is 0 Å². The number of allylic oxidation sites excluding steroid dienone is 1. The number of aromatic hydroxyl groups is 1. The summed E-state index contributed by atoms with van der Waals surface area (Å²) in [6.45, 7) is 6.22. The number of thioether (sulfide) groups is 1. The minimum absolute atomic E-state index is 0.0381. The van der Waals surface area contributed by atoms with Gasteiger partial charge in [0.15, 0.2) is 5.16 Å². The summed E-state index contributed by atoms with van der Waals surface area (Å²) in [6, 6.07) is 6.30. The molecule has 1 aromatic carbocycles. The van der Waals surface area contributed by atoms with Crippen LogP contribution in [0.15, 0.2) is 46.4 Å². The topological polar surface area (TPSA) is 84.2 Å². The molecule has 0 saturated carbocycles. The number of nitrogens with zero attached hydrogens (tertiary/aromatic N) is 2. The molecule has 0 aliphatic heterocycles. The van der Waals surface area contributed by atoms with Gasteiger partial charge in [0.1, 0.15) is 10.6 Å². The molecule has 0 radical (unpaired) electrons. The van der Waals surface area contributed by atoms with E-state index in [4.69, 9.17) is 4.98 Å². The smallest absolute Gasteiger partial charge is 0.263 e. The summed E-state index contributed by atoms with van der Waals surface area (Å²) < 4.78 is 1.64. The summed E-state index contributed by atoms with van der Waals surface area (Å²) in [5.74, 6) is 0.0647. The zero-order valence-corrected chi connectivity index (χ0v) is 18.4. The average molecular weight is 442 g/mol. The van der Waals surface area contributed by atoms with Crippen molar-refractivity contribution >= 4 is 44.9 Å². The molecule has 0 saturated heterocycles. The van der Waals surface area contributed by atoms with Crippen LogP contribution in [0.4, 0.5) is 5.69 Å². The van der Waals surface area contributed by atoms with Crippen LogP contribution in [0.25, 0.3) is 10.2 Å². The molecule has 2 N–H and O–H groups in total. The number of fused-ring (bicyclic) bond motifs is 3. The van der Waals surface area contributed by atoms with E-state index >= 15 is 0 Å². The summed E-state index contributed by atoms with van der Waals surface area (Å²) in [4.78, 5) is 32.5. The minimum Gasteiger partial charge on any atom is -0.508 e. The van der Waals surface area contributed by atoms with Crippen LogP contribution in [0, 0.1) is 0 Å².